The standard InChI is InChI=1S/C20H26N4O3/c1-26-17-5-3-15(13-18(17)27-2)4-6-20(25)23-16-7-11-24(12-8-16)19-14-21-9-10-22-19/h3,5,9-10,13-14,16H,4,6-8,11-12H2,1-2H3,(H,23,25). The molecule has 1 aliphatic rings. The van der Waals surface area contributed by atoms with Crippen LogP contribution in [0.5, 0.6) is 11.5 Å². The lowest BCUT2D eigenvalue weighted by atomic mass is 10.0. The molecule has 1 aliphatic heterocycles. The van der Waals surface area contributed by atoms with E-state index < -0.39 is 0 Å². The molecule has 27 heavy (non-hydrogen) atoms. The molecular weight excluding hydrogens is 344 g/mol. The highest BCUT2D eigenvalue weighted by Crippen LogP contribution is 2.28. The van der Waals surface area contributed by atoms with Gasteiger partial charge in [-0.3, -0.25) is 9.78 Å². The molecule has 1 aromatic carbocycles. The number of carbonyl (C=O) groups excluding carboxylic acids is 1. The van der Waals surface area contributed by atoms with Crippen LogP contribution in [0.2, 0.25) is 0 Å². The van der Waals surface area contributed by atoms with Gasteiger partial charge >= 0.3 is 0 Å². The van der Waals surface area contributed by atoms with Gasteiger partial charge < -0.3 is 19.7 Å². The normalized spacial score (nSPS) is 14.7. The number of rotatable bonds is 7. The van der Waals surface area contributed by atoms with E-state index in [1.54, 1.807) is 32.8 Å². The third kappa shape index (κ3) is 5.09. The maximum atomic E-state index is 12.3. The number of aromatic nitrogens is 2. The molecule has 2 aromatic rings. The van der Waals surface area contributed by atoms with E-state index in [0.717, 1.165) is 37.3 Å². The Morgan fingerprint density at radius 3 is 2.63 bits per heavy atom. The lowest BCUT2D eigenvalue weighted by Gasteiger charge is -2.32. The van der Waals surface area contributed by atoms with Crippen LogP contribution in [0.25, 0.3) is 0 Å². The zero-order valence-corrected chi connectivity index (χ0v) is 15.9. The highest BCUT2D eigenvalue weighted by atomic mass is 16.5. The van der Waals surface area contributed by atoms with Gasteiger partial charge in [-0.05, 0) is 37.0 Å². The zero-order chi connectivity index (χ0) is 19.1. The van der Waals surface area contributed by atoms with Gasteiger partial charge in [0.15, 0.2) is 11.5 Å². The van der Waals surface area contributed by atoms with Crippen LogP contribution in [0.1, 0.15) is 24.8 Å². The fraction of sp³-hybridized carbons (Fsp3) is 0.450. The van der Waals surface area contributed by atoms with Gasteiger partial charge in [0.05, 0.1) is 20.4 Å². The van der Waals surface area contributed by atoms with Crippen molar-refractivity contribution in [2.75, 3.05) is 32.2 Å². The van der Waals surface area contributed by atoms with E-state index in [9.17, 15) is 4.79 Å². The van der Waals surface area contributed by atoms with Crippen molar-refractivity contribution < 1.29 is 14.3 Å². The summed E-state index contributed by atoms with van der Waals surface area (Å²) < 4.78 is 10.6. The molecule has 0 atom stereocenters. The number of methoxy groups -OCH3 is 2. The van der Waals surface area contributed by atoms with E-state index in [2.05, 4.69) is 20.2 Å². The molecule has 7 heteroatoms. The van der Waals surface area contributed by atoms with Crippen LogP contribution >= 0.6 is 0 Å². The highest BCUT2D eigenvalue weighted by Gasteiger charge is 2.21. The molecule has 0 spiro atoms. The van der Waals surface area contributed by atoms with Gasteiger partial charge in [0, 0.05) is 37.9 Å². The average Bonchev–Trinajstić information content (AvgIpc) is 2.73. The van der Waals surface area contributed by atoms with E-state index in [1.807, 2.05) is 18.2 Å². The molecule has 1 aromatic heterocycles. The minimum atomic E-state index is 0.0859. The van der Waals surface area contributed by atoms with Crippen molar-refractivity contribution in [2.45, 2.75) is 31.7 Å². The van der Waals surface area contributed by atoms with Gasteiger partial charge in [-0.25, -0.2) is 4.98 Å². The molecule has 0 saturated carbocycles. The van der Waals surface area contributed by atoms with Crippen LogP contribution in [-0.2, 0) is 11.2 Å². The Labute approximate surface area is 159 Å². The molecular formula is C20H26N4O3. The average molecular weight is 370 g/mol. The summed E-state index contributed by atoms with van der Waals surface area (Å²) in [6.07, 6.45) is 8.12. The molecule has 1 N–H and O–H groups in total. The molecule has 1 amide bonds. The number of nitrogens with one attached hydrogen (secondary N) is 1. The topological polar surface area (TPSA) is 76.6 Å². The van der Waals surface area contributed by atoms with Crippen LogP contribution in [0.3, 0.4) is 0 Å². The van der Waals surface area contributed by atoms with E-state index in [-0.39, 0.29) is 11.9 Å². The quantitative estimate of drug-likeness (QED) is 0.805. The summed E-state index contributed by atoms with van der Waals surface area (Å²) in [5.41, 5.74) is 1.06. The van der Waals surface area contributed by atoms with Gasteiger partial charge in [0.1, 0.15) is 5.82 Å². The molecule has 3 rings (SSSR count). The summed E-state index contributed by atoms with van der Waals surface area (Å²) in [6, 6.07) is 5.98. The molecule has 0 radical (unpaired) electrons. The van der Waals surface area contributed by atoms with Gasteiger partial charge in [0.25, 0.3) is 0 Å². The number of carbonyl (C=O) groups is 1. The Kier molecular flexibility index (Phi) is 6.46. The van der Waals surface area contributed by atoms with Gasteiger partial charge in [-0.1, -0.05) is 6.07 Å². The summed E-state index contributed by atoms with van der Waals surface area (Å²) >= 11 is 0. The number of aryl methyl sites for hydroxylation is 1. The molecule has 0 unspecified atom stereocenters. The Balaban J connectivity index is 1.44. The largest absolute Gasteiger partial charge is 0.493 e. The molecule has 2 heterocycles. The third-order valence-electron chi connectivity index (χ3n) is 4.82. The minimum Gasteiger partial charge on any atom is -0.493 e. The lowest BCUT2D eigenvalue weighted by Crippen LogP contribution is -2.45. The molecule has 1 fully saturated rings. The lowest BCUT2D eigenvalue weighted by molar-refractivity contribution is -0.121. The summed E-state index contributed by atoms with van der Waals surface area (Å²) in [4.78, 5) is 23.0. The van der Waals surface area contributed by atoms with Gasteiger partial charge in [-0.2, -0.15) is 0 Å². The Morgan fingerprint density at radius 2 is 1.96 bits per heavy atom. The van der Waals surface area contributed by atoms with Crippen molar-refractivity contribution >= 4 is 11.7 Å². The maximum absolute atomic E-state index is 12.3. The molecule has 1 saturated heterocycles. The van der Waals surface area contributed by atoms with Crippen molar-refractivity contribution in [1.82, 2.24) is 15.3 Å². The predicted octanol–water partition coefficient (Wildman–Crippen LogP) is 2.21. The summed E-state index contributed by atoms with van der Waals surface area (Å²) in [5.74, 6) is 2.37. The first-order valence-electron chi connectivity index (χ1n) is 9.21. The van der Waals surface area contributed by atoms with Crippen molar-refractivity contribution in [1.29, 1.82) is 0 Å². The minimum absolute atomic E-state index is 0.0859. The van der Waals surface area contributed by atoms with E-state index in [0.29, 0.717) is 24.3 Å². The number of benzene rings is 1. The van der Waals surface area contributed by atoms with Crippen LogP contribution in [0.15, 0.2) is 36.8 Å². The molecule has 0 aliphatic carbocycles. The highest BCUT2D eigenvalue weighted by molar-refractivity contribution is 5.76. The first-order valence-corrected chi connectivity index (χ1v) is 9.21. The van der Waals surface area contributed by atoms with Crippen LogP contribution in [0, 0.1) is 0 Å². The number of hydrogen-bond acceptors (Lipinski definition) is 6. The van der Waals surface area contributed by atoms with Crippen molar-refractivity contribution in [2.24, 2.45) is 0 Å². The SMILES string of the molecule is COc1ccc(CCC(=O)NC2CCN(c3cnccn3)CC2)cc1OC. The fourth-order valence-corrected chi connectivity index (χ4v) is 3.30. The first kappa shape index (κ1) is 18.9. The monoisotopic (exact) mass is 370 g/mol. The van der Waals surface area contributed by atoms with E-state index in [4.69, 9.17) is 9.47 Å². The number of nitrogens with zero attached hydrogens (tertiary/aromatic N) is 3. The van der Waals surface area contributed by atoms with E-state index in [1.165, 1.54) is 0 Å². The number of hydrogen-bond donors (Lipinski definition) is 1. The Bertz CT molecular complexity index is 746. The fourth-order valence-electron chi connectivity index (χ4n) is 3.30. The molecule has 7 nitrogen and oxygen atoms in total. The predicted molar refractivity (Wildman–Crippen MR) is 103 cm³/mol. The summed E-state index contributed by atoms with van der Waals surface area (Å²) in [5, 5.41) is 3.15. The van der Waals surface area contributed by atoms with E-state index >= 15 is 0 Å². The van der Waals surface area contributed by atoms with Crippen LogP contribution in [0.4, 0.5) is 5.82 Å². The molecule has 0 bridgehead atoms. The van der Waals surface area contributed by atoms with Crippen molar-refractivity contribution in [3.05, 3.63) is 42.4 Å². The number of piperidine rings is 1. The second-order valence-corrected chi connectivity index (χ2v) is 6.58. The van der Waals surface area contributed by atoms with Gasteiger partial charge in [0.2, 0.25) is 5.91 Å². The maximum Gasteiger partial charge on any atom is 0.220 e. The Morgan fingerprint density at radius 1 is 1.19 bits per heavy atom. The van der Waals surface area contributed by atoms with Gasteiger partial charge in [-0.15, -0.1) is 0 Å². The van der Waals surface area contributed by atoms with Crippen molar-refractivity contribution in [3.8, 4) is 11.5 Å². The summed E-state index contributed by atoms with van der Waals surface area (Å²) in [7, 11) is 3.22. The number of anilines is 1. The van der Waals surface area contributed by atoms with Crippen molar-refractivity contribution in [3.63, 3.8) is 0 Å². The number of ether oxygens (including phenoxy) is 2. The first-order chi connectivity index (χ1) is 13.2. The number of amides is 1. The third-order valence-corrected chi connectivity index (χ3v) is 4.82. The smallest absolute Gasteiger partial charge is 0.220 e. The zero-order valence-electron chi connectivity index (χ0n) is 15.9. The van der Waals surface area contributed by atoms with Crippen LogP contribution in [-0.4, -0.2) is 49.2 Å². The second kappa shape index (κ2) is 9.21. The molecule has 144 valence electrons. The summed E-state index contributed by atoms with van der Waals surface area (Å²) in [6.45, 7) is 1.75. The Hall–Kier alpha value is -2.83. The second-order valence-electron chi connectivity index (χ2n) is 6.58. The van der Waals surface area contributed by atoms with Crippen LogP contribution < -0.4 is 19.7 Å².